The van der Waals surface area contributed by atoms with Crippen LogP contribution in [0.15, 0.2) is 0 Å². The van der Waals surface area contributed by atoms with Gasteiger partial charge in [0, 0.05) is 32.3 Å². The van der Waals surface area contributed by atoms with Crippen molar-refractivity contribution in [1.82, 2.24) is 0 Å². The second-order valence-corrected chi connectivity index (χ2v) is 5.67. The van der Waals surface area contributed by atoms with Gasteiger partial charge in [-0.15, -0.1) is 11.6 Å². The summed E-state index contributed by atoms with van der Waals surface area (Å²) in [5.74, 6) is 1.56. The molecule has 1 rings (SSSR count). The van der Waals surface area contributed by atoms with Gasteiger partial charge in [-0.05, 0) is 43.9 Å². The molecule has 0 spiro atoms. The first-order valence-electron chi connectivity index (χ1n) is 6.98. The molecule has 0 amide bonds. The fourth-order valence-electron chi connectivity index (χ4n) is 2.64. The summed E-state index contributed by atoms with van der Waals surface area (Å²) in [6.45, 7) is 4.75. The highest BCUT2D eigenvalue weighted by molar-refractivity contribution is 6.20. The second-order valence-electron chi connectivity index (χ2n) is 5.11. The van der Waals surface area contributed by atoms with E-state index < -0.39 is 0 Å². The molecule has 0 aliphatic heterocycles. The predicted molar refractivity (Wildman–Crippen MR) is 72.7 cm³/mol. The lowest BCUT2D eigenvalue weighted by Gasteiger charge is -2.32. The first-order chi connectivity index (χ1) is 8.27. The Balaban J connectivity index is 2.07. The second kappa shape index (κ2) is 9.18. The van der Waals surface area contributed by atoms with Crippen molar-refractivity contribution in [2.75, 3.05) is 26.9 Å². The SMILES string of the molecule is CCC1CCC(Cl)C(CCOCCCOC)C1. The van der Waals surface area contributed by atoms with Crippen molar-refractivity contribution in [1.29, 1.82) is 0 Å². The summed E-state index contributed by atoms with van der Waals surface area (Å²) in [4.78, 5) is 0. The van der Waals surface area contributed by atoms with E-state index in [4.69, 9.17) is 21.1 Å². The zero-order valence-electron chi connectivity index (χ0n) is 11.3. The maximum absolute atomic E-state index is 6.39. The van der Waals surface area contributed by atoms with E-state index in [1.165, 1.54) is 25.7 Å². The highest BCUT2D eigenvalue weighted by Gasteiger charge is 2.27. The maximum Gasteiger partial charge on any atom is 0.0487 e. The van der Waals surface area contributed by atoms with Crippen LogP contribution >= 0.6 is 11.6 Å². The van der Waals surface area contributed by atoms with Crippen LogP contribution < -0.4 is 0 Å². The maximum atomic E-state index is 6.39. The summed E-state index contributed by atoms with van der Waals surface area (Å²) in [6.07, 6.45) is 7.21. The van der Waals surface area contributed by atoms with Crippen molar-refractivity contribution in [3.8, 4) is 0 Å². The van der Waals surface area contributed by atoms with E-state index in [-0.39, 0.29) is 0 Å². The molecule has 1 aliphatic rings. The standard InChI is InChI=1S/C14H27ClO2/c1-3-12-5-6-14(15)13(11-12)7-10-17-9-4-8-16-2/h12-14H,3-11H2,1-2H3. The molecule has 17 heavy (non-hydrogen) atoms. The van der Waals surface area contributed by atoms with E-state index in [0.717, 1.165) is 38.6 Å². The van der Waals surface area contributed by atoms with Crippen molar-refractivity contribution < 1.29 is 9.47 Å². The minimum Gasteiger partial charge on any atom is -0.385 e. The highest BCUT2D eigenvalue weighted by Crippen LogP contribution is 2.36. The van der Waals surface area contributed by atoms with E-state index in [1.54, 1.807) is 7.11 Å². The van der Waals surface area contributed by atoms with Crippen molar-refractivity contribution >= 4 is 11.6 Å². The molecule has 3 heteroatoms. The third-order valence-corrected chi connectivity index (χ3v) is 4.42. The van der Waals surface area contributed by atoms with Crippen molar-refractivity contribution in [3.05, 3.63) is 0 Å². The largest absolute Gasteiger partial charge is 0.385 e. The normalized spacial score (nSPS) is 29.5. The third-order valence-electron chi connectivity index (χ3n) is 3.85. The molecule has 0 heterocycles. The molecule has 0 saturated heterocycles. The van der Waals surface area contributed by atoms with Crippen LogP contribution in [0.3, 0.4) is 0 Å². The number of methoxy groups -OCH3 is 1. The Hall–Kier alpha value is 0.210. The van der Waals surface area contributed by atoms with Crippen LogP contribution in [0.4, 0.5) is 0 Å². The quantitative estimate of drug-likeness (QED) is 0.488. The van der Waals surface area contributed by atoms with E-state index >= 15 is 0 Å². The zero-order valence-corrected chi connectivity index (χ0v) is 12.0. The summed E-state index contributed by atoms with van der Waals surface area (Å²) in [5.41, 5.74) is 0. The number of hydrogen-bond donors (Lipinski definition) is 0. The Morgan fingerprint density at radius 1 is 1.18 bits per heavy atom. The molecule has 1 aliphatic carbocycles. The van der Waals surface area contributed by atoms with Gasteiger partial charge in [0.15, 0.2) is 0 Å². The summed E-state index contributed by atoms with van der Waals surface area (Å²) in [6, 6.07) is 0. The van der Waals surface area contributed by atoms with Gasteiger partial charge in [0.25, 0.3) is 0 Å². The highest BCUT2D eigenvalue weighted by atomic mass is 35.5. The smallest absolute Gasteiger partial charge is 0.0487 e. The van der Waals surface area contributed by atoms with Crippen LogP contribution in [0.5, 0.6) is 0 Å². The lowest BCUT2D eigenvalue weighted by Crippen LogP contribution is -2.26. The topological polar surface area (TPSA) is 18.5 Å². The molecule has 0 N–H and O–H groups in total. The molecule has 3 atom stereocenters. The Bertz CT molecular complexity index is 187. The number of halogens is 1. The van der Waals surface area contributed by atoms with Gasteiger partial charge in [0.05, 0.1) is 0 Å². The van der Waals surface area contributed by atoms with Crippen molar-refractivity contribution in [3.63, 3.8) is 0 Å². The lowest BCUT2D eigenvalue weighted by molar-refractivity contribution is 0.0870. The summed E-state index contributed by atoms with van der Waals surface area (Å²) in [7, 11) is 1.73. The Kier molecular flexibility index (Phi) is 8.25. The monoisotopic (exact) mass is 262 g/mol. The van der Waals surface area contributed by atoms with Gasteiger partial charge in [-0.2, -0.15) is 0 Å². The van der Waals surface area contributed by atoms with Gasteiger partial charge in [-0.1, -0.05) is 13.3 Å². The Morgan fingerprint density at radius 3 is 2.71 bits per heavy atom. The van der Waals surface area contributed by atoms with E-state index in [2.05, 4.69) is 6.92 Å². The predicted octanol–water partition coefficient (Wildman–Crippen LogP) is 3.86. The van der Waals surface area contributed by atoms with E-state index in [0.29, 0.717) is 11.3 Å². The van der Waals surface area contributed by atoms with Crippen molar-refractivity contribution in [2.45, 2.75) is 50.8 Å². The van der Waals surface area contributed by atoms with Gasteiger partial charge < -0.3 is 9.47 Å². The molecule has 3 unspecified atom stereocenters. The Labute approximate surface area is 111 Å². The molecular weight excluding hydrogens is 236 g/mol. The fourth-order valence-corrected chi connectivity index (χ4v) is 2.99. The van der Waals surface area contributed by atoms with E-state index in [1.807, 2.05) is 0 Å². The van der Waals surface area contributed by atoms with Gasteiger partial charge in [-0.3, -0.25) is 0 Å². The minimum absolute atomic E-state index is 0.375. The molecule has 0 aromatic rings. The molecule has 0 bridgehead atoms. The van der Waals surface area contributed by atoms with Gasteiger partial charge in [-0.25, -0.2) is 0 Å². The average Bonchev–Trinajstić information content (AvgIpc) is 2.35. The fraction of sp³-hybridized carbons (Fsp3) is 1.00. The number of ether oxygens (including phenoxy) is 2. The van der Waals surface area contributed by atoms with Crippen LogP contribution in [0.25, 0.3) is 0 Å². The summed E-state index contributed by atoms with van der Waals surface area (Å²) >= 11 is 6.39. The van der Waals surface area contributed by atoms with Crippen LogP contribution in [0.2, 0.25) is 0 Å². The molecule has 0 aromatic carbocycles. The van der Waals surface area contributed by atoms with Crippen LogP contribution in [-0.4, -0.2) is 32.3 Å². The minimum atomic E-state index is 0.375. The van der Waals surface area contributed by atoms with Gasteiger partial charge in [0.1, 0.15) is 0 Å². The van der Waals surface area contributed by atoms with Gasteiger partial charge >= 0.3 is 0 Å². The first kappa shape index (κ1) is 15.3. The molecule has 2 nitrogen and oxygen atoms in total. The van der Waals surface area contributed by atoms with Crippen LogP contribution in [0.1, 0.15) is 45.4 Å². The number of alkyl halides is 1. The summed E-state index contributed by atoms with van der Waals surface area (Å²) < 4.78 is 10.6. The summed E-state index contributed by atoms with van der Waals surface area (Å²) in [5, 5.41) is 0.375. The average molecular weight is 263 g/mol. The molecule has 0 radical (unpaired) electrons. The van der Waals surface area contributed by atoms with Crippen LogP contribution in [0, 0.1) is 11.8 Å². The van der Waals surface area contributed by atoms with Crippen LogP contribution in [-0.2, 0) is 9.47 Å². The van der Waals surface area contributed by atoms with Gasteiger partial charge in [0.2, 0.25) is 0 Å². The van der Waals surface area contributed by atoms with E-state index in [9.17, 15) is 0 Å². The first-order valence-corrected chi connectivity index (χ1v) is 7.42. The molecule has 1 saturated carbocycles. The number of rotatable bonds is 8. The number of hydrogen-bond acceptors (Lipinski definition) is 2. The van der Waals surface area contributed by atoms with Crippen molar-refractivity contribution in [2.24, 2.45) is 11.8 Å². The zero-order chi connectivity index (χ0) is 12.5. The Morgan fingerprint density at radius 2 is 2.00 bits per heavy atom. The molecule has 1 fully saturated rings. The third kappa shape index (κ3) is 6.08. The lowest BCUT2D eigenvalue weighted by atomic mass is 9.78. The molecule has 102 valence electrons. The molecular formula is C14H27ClO2. The molecule has 0 aromatic heterocycles.